The predicted molar refractivity (Wildman–Crippen MR) is 112 cm³/mol. The third-order valence-electron chi connectivity index (χ3n) is 6.61. The van der Waals surface area contributed by atoms with Crippen molar-refractivity contribution in [3.8, 4) is 0 Å². The fourth-order valence-electron chi connectivity index (χ4n) is 5.08. The Hall–Kier alpha value is -2.10. The van der Waals surface area contributed by atoms with Crippen LogP contribution >= 0.6 is 0 Å². The van der Waals surface area contributed by atoms with E-state index in [0.29, 0.717) is 5.91 Å². The number of nitrogens with zero attached hydrogens (tertiary/aromatic N) is 1. The molecule has 150 valence electrons. The van der Waals surface area contributed by atoms with Gasteiger partial charge in [0.05, 0.1) is 0 Å². The van der Waals surface area contributed by atoms with Gasteiger partial charge in [0.25, 0.3) is 0 Å². The Morgan fingerprint density at radius 1 is 1.04 bits per heavy atom. The average molecular weight is 381 g/mol. The highest BCUT2D eigenvalue weighted by molar-refractivity contribution is 5.98. The van der Waals surface area contributed by atoms with Gasteiger partial charge in [0.15, 0.2) is 5.78 Å². The second-order valence-corrected chi connectivity index (χ2v) is 9.38. The van der Waals surface area contributed by atoms with E-state index in [4.69, 9.17) is 0 Å². The van der Waals surface area contributed by atoms with Crippen LogP contribution in [0.1, 0.15) is 63.5 Å². The first-order valence-electron chi connectivity index (χ1n) is 10.8. The molecule has 2 aliphatic heterocycles. The summed E-state index contributed by atoms with van der Waals surface area (Å²) in [5.41, 5.74) is 3.32. The summed E-state index contributed by atoms with van der Waals surface area (Å²) in [6, 6.07) is 8.35. The number of amides is 1. The molecule has 1 N–H and O–H groups in total. The second kappa shape index (κ2) is 7.73. The molecule has 2 heterocycles. The van der Waals surface area contributed by atoms with Crippen molar-refractivity contribution in [2.45, 2.75) is 64.3 Å². The molecule has 0 spiro atoms. The van der Waals surface area contributed by atoms with Gasteiger partial charge in [-0.25, -0.2) is 0 Å². The third-order valence-corrected chi connectivity index (χ3v) is 6.61. The highest BCUT2D eigenvalue weighted by atomic mass is 16.2. The van der Waals surface area contributed by atoms with Crippen LogP contribution in [0.4, 0.5) is 0 Å². The number of hydrogen-bond donors (Lipinski definition) is 1. The van der Waals surface area contributed by atoms with E-state index in [1.54, 1.807) is 0 Å². The average Bonchev–Trinajstić information content (AvgIpc) is 3.21. The number of hydrogen-bond acceptors (Lipinski definition) is 3. The summed E-state index contributed by atoms with van der Waals surface area (Å²) in [5, 5.41) is 3.56. The Morgan fingerprint density at radius 2 is 1.71 bits per heavy atom. The lowest BCUT2D eigenvalue weighted by molar-refractivity contribution is -0.138. The lowest BCUT2D eigenvalue weighted by Crippen LogP contribution is -2.44. The minimum absolute atomic E-state index is 0.0270. The van der Waals surface area contributed by atoms with Crippen molar-refractivity contribution in [1.82, 2.24) is 10.2 Å². The highest BCUT2D eigenvalue weighted by Gasteiger charge is 2.32. The van der Waals surface area contributed by atoms with Crippen LogP contribution in [-0.4, -0.2) is 35.2 Å². The quantitative estimate of drug-likeness (QED) is 0.808. The Bertz CT molecular complexity index is 782. The monoisotopic (exact) mass is 380 g/mol. The fourth-order valence-corrected chi connectivity index (χ4v) is 5.08. The van der Waals surface area contributed by atoms with Crippen molar-refractivity contribution in [3.63, 3.8) is 0 Å². The lowest BCUT2D eigenvalue weighted by Gasteiger charge is -2.36. The van der Waals surface area contributed by atoms with E-state index in [9.17, 15) is 9.59 Å². The van der Waals surface area contributed by atoms with Gasteiger partial charge in [-0.2, -0.15) is 0 Å². The van der Waals surface area contributed by atoms with Crippen molar-refractivity contribution in [2.24, 2.45) is 11.8 Å². The number of carbonyl (C=O) groups excluding carboxylic acids is 2. The number of fused-ring (bicyclic) bond motifs is 1. The molecule has 1 aromatic carbocycles. The second-order valence-electron chi connectivity index (χ2n) is 9.38. The molecule has 0 radical (unpaired) electrons. The van der Waals surface area contributed by atoms with Crippen LogP contribution in [0, 0.1) is 11.8 Å². The maximum Gasteiger partial charge on any atom is 0.225 e. The van der Waals surface area contributed by atoms with Gasteiger partial charge in [0.2, 0.25) is 5.91 Å². The molecule has 2 fully saturated rings. The molecular weight excluding hydrogens is 348 g/mol. The van der Waals surface area contributed by atoms with Gasteiger partial charge in [-0.05, 0) is 51.5 Å². The van der Waals surface area contributed by atoms with Crippen molar-refractivity contribution in [2.75, 3.05) is 13.1 Å². The summed E-state index contributed by atoms with van der Waals surface area (Å²) in [6.07, 6.45) is 8.80. The van der Waals surface area contributed by atoms with Crippen LogP contribution in [0.5, 0.6) is 0 Å². The number of piperidine rings is 1. The number of benzene rings is 1. The minimum atomic E-state index is -0.0580. The van der Waals surface area contributed by atoms with Gasteiger partial charge >= 0.3 is 0 Å². The third kappa shape index (κ3) is 4.01. The lowest BCUT2D eigenvalue weighted by atomic mass is 9.84. The van der Waals surface area contributed by atoms with E-state index in [0.717, 1.165) is 56.5 Å². The minimum Gasteiger partial charge on any atom is -0.379 e. The summed E-state index contributed by atoms with van der Waals surface area (Å²) in [4.78, 5) is 27.6. The van der Waals surface area contributed by atoms with Crippen molar-refractivity contribution in [1.29, 1.82) is 0 Å². The van der Waals surface area contributed by atoms with Gasteiger partial charge in [-0.1, -0.05) is 37.1 Å². The molecule has 4 rings (SSSR count). The van der Waals surface area contributed by atoms with Gasteiger partial charge in [-0.15, -0.1) is 0 Å². The SMILES string of the molecule is CC1(C)Cc2ccccc2/C(=C\C(=O)C2CCN(C(=O)C3CCCC3)CC2)N1. The first-order chi connectivity index (χ1) is 13.4. The molecule has 1 amide bonds. The summed E-state index contributed by atoms with van der Waals surface area (Å²) < 4.78 is 0. The number of carbonyl (C=O) groups is 2. The van der Waals surface area contributed by atoms with E-state index in [1.165, 1.54) is 18.4 Å². The van der Waals surface area contributed by atoms with E-state index >= 15 is 0 Å². The fraction of sp³-hybridized carbons (Fsp3) is 0.583. The van der Waals surface area contributed by atoms with Crippen LogP contribution in [0.15, 0.2) is 30.3 Å². The molecule has 1 aliphatic carbocycles. The van der Waals surface area contributed by atoms with Gasteiger partial charge in [0, 0.05) is 47.8 Å². The molecule has 28 heavy (non-hydrogen) atoms. The van der Waals surface area contributed by atoms with Crippen LogP contribution in [-0.2, 0) is 16.0 Å². The number of rotatable bonds is 3. The van der Waals surface area contributed by atoms with E-state index < -0.39 is 0 Å². The van der Waals surface area contributed by atoms with Gasteiger partial charge in [0.1, 0.15) is 0 Å². The number of nitrogens with one attached hydrogen (secondary N) is 1. The summed E-state index contributed by atoms with van der Waals surface area (Å²) >= 11 is 0. The molecule has 0 aromatic heterocycles. The van der Waals surface area contributed by atoms with Crippen LogP contribution in [0.25, 0.3) is 5.70 Å². The van der Waals surface area contributed by atoms with E-state index in [-0.39, 0.29) is 23.2 Å². The largest absolute Gasteiger partial charge is 0.379 e. The zero-order valence-electron chi connectivity index (χ0n) is 17.2. The topological polar surface area (TPSA) is 49.4 Å². The van der Waals surface area contributed by atoms with Crippen molar-refractivity contribution >= 4 is 17.4 Å². The Morgan fingerprint density at radius 3 is 2.43 bits per heavy atom. The summed E-state index contributed by atoms with van der Waals surface area (Å²) in [6.45, 7) is 5.80. The smallest absolute Gasteiger partial charge is 0.225 e. The van der Waals surface area contributed by atoms with Gasteiger partial charge < -0.3 is 10.2 Å². The van der Waals surface area contributed by atoms with E-state index in [2.05, 4.69) is 37.4 Å². The first kappa shape index (κ1) is 19.2. The molecule has 1 aromatic rings. The maximum atomic E-state index is 13.0. The zero-order chi connectivity index (χ0) is 19.7. The van der Waals surface area contributed by atoms with Crippen molar-refractivity contribution < 1.29 is 9.59 Å². The maximum absolute atomic E-state index is 13.0. The van der Waals surface area contributed by atoms with Crippen LogP contribution < -0.4 is 5.32 Å². The summed E-state index contributed by atoms with van der Waals surface area (Å²) in [7, 11) is 0. The molecule has 0 unspecified atom stereocenters. The molecule has 1 saturated carbocycles. The molecule has 1 saturated heterocycles. The number of allylic oxidation sites excluding steroid dienone is 1. The normalized spacial score (nSPS) is 24.1. The molecular formula is C24H32N2O2. The number of ketones is 1. The van der Waals surface area contributed by atoms with E-state index in [1.807, 2.05) is 17.0 Å². The number of likely N-dealkylation sites (tertiary alicyclic amines) is 1. The molecule has 4 nitrogen and oxygen atoms in total. The molecule has 4 heteroatoms. The Labute approximate surface area is 168 Å². The predicted octanol–water partition coefficient (Wildman–Crippen LogP) is 3.95. The summed E-state index contributed by atoms with van der Waals surface area (Å²) in [5.74, 6) is 0.785. The molecule has 3 aliphatic rings. The van der Waals surface area contributed by atoms with Gasteiger partial charge in [-0.3, -0.25) is 9.59 Å². The first-order valence-corrected chi connectivity index (χ1v) is 10.8. The highest BCUT2D eigenvalue weighted by Crippen LogP contribution is 2.31. The van der Waals surface area contributed by atoms with Crippen LogP contribution in [0.3, 0.4) is 0 Å². The van der Waals surface area contributed by atoms with Crippen LogP contribution in [0.2, 0.25) is 0 Å². The standard InChI is InChI=1S/C24H32N2O2/c1-24(2)16-19-9-5-6-10-20(19)21(25-24)15-22(27)17-11-13-26(14-12-17)23(28)18-7-3-4-8-18/h5-6,9-10,15,17-18,25H,3-4,7-8,11-14,16H2,1-2H3/b21-15+. The molecule has 0 atom stereocenters. The molecule has 0 bridgehead atoms. The Balaban J connectivity index is 1.42. The van der Waals surface area contributed by atoms with Crippen molar-refractivity contribution in [3.05, 3.63) is 41.5 Å². The Kier molecular flexibility index (Phi) is 5.31. The zero-order valence-corrected chi connectivity index (χ0v) is 17.2.